The second-order valence-electron chi connectivity index (χ2n) is 12.4. The fourth-order valence-electron chi connectivity index (χ4n) is 4.15. The summed E-state index contributed by atoms with van der Waals surface area (Å²) in [7, 11) is 13.7. The van der Waals surface area contributed by atoms with Crippen molar-refractivity contribution in [2.45, 2.75) is 142 Å². The van der Waals surface area contributed by atoms with Gasteiger partial charge in [-0.1, -0.05) is 117 Å². The van der Waals surface area contributed by atoms with Gasteiger partial charge in [-0.25, -0.2) is 0 Å². The molecule has 5 heteroatoms. The van der Waals surface area contributed by atoms with Gasteiger partial charge in [-0.05, 0) is 25.7 Å². The first kappa shape index (κ1) is 45.3. The fraction of sp³-hybridized carbons (Fsp3) is 1.00. The van der Waals surface area contributed by atoms with Crippen molar-refractivity contribution >= 4 is 0 Å². The van der Waals surface area contributed by atoms with E-state index in [-0.39, 0.29) is 27.9 Å². The largest absolute Gasteiger partial charge is 1.00 e. The molecule has 0 radical (unpaired) electrons. The molecule has 0 saturated carbocycles. The van der Waals surface area contributed by atoms with Crippen molar-refractivity contribution in [3.8, 4) is 0 Å². The fourth-order valence-corrected chi connectivity index (χ4v) is 4.15. The Labute approximate surface area is 234 Å². The first-order valence-corrected chi connectivity index (χ1v) is 14.7. The lowest BCUT2D eigenvalue weighted by Gasteiger charge is -2.23. The van der Waals surface area contributed by atoms with Gasteiger partial charge in [0.25, 0.3) is 0 Å². The summed E-state index contributed by atoms with van der Waals surface area (Å²) in [6.45, 7) is 7.23. The van der Waals surface area contributed by atoms with Crippen molar-refractivity contribution in [3.63, 3.8) is 0 Å². The number of hydrogen-bond donors (Lipinski definition) is 0. The summed E-state index contributed by atoms with van der Waals surface area (Å²) in [5, 5.41) is 0. The lowest BCUT2D eigenvalue weighted by atomic mass is 10.1. The molecule has 35 heavy (non-hydrogen) atoms. The lowest BCUT2D eigenvalue weighted by Crippen LogP contribution is -3.00. The summed E-state index contributed by atoms with van der Waals surface area (Å²) in [5.74, 6) is 0. The monoisotopic (exact) mass is 570 g/mol. The van der Waals surface area contributed by atoms with Crippen molar-refractivity contribution in [2.24, 2.45) is 0 Å². The smallest absolute Gasteiger partial charge is 0.0780 e. The van der Waals surface area contributed by atoms with Crippen molar-refractivity contribution in [3.05, 3.63) is 0 Å². The van der Waals surface area contributed by atoms with Gasteiger partial charge in [0.15, 0.2) is 0 Å². The van der Waals surface area contributed by atoms with Crippen LogP contribution in [0.3, 0.4) is 0 Å². The summed E-state index contributed by atoms with van der Waals surface area (Å²) in [6, 6.07) is 0. The molecule has 0 aliphatic heterocycles. The van der Waals surface area contributed by atoms with Gasteiger partial charge in [-0.15, -0.1) is 0 Å². The number of unbranched alkanes of at least 4 members (excludes halogenated alkanes) is 18. The quantitative estimate of drug-likeness (QED) is 0.130. The Bertz CT molecular complexity index is 321. The van der Waals surface area contributed by atoms with E-state index < -0.39 is 0 Å². The maximum atomic E-state index is 2.29. The van der Waals surface area contributed by atoms with Gasteiger partial charge in [0.1, 0.15) is 0 Å². The summed E-state index contributed by atoms with van der Waals surface area (Å²) in [6.07, 6.45) is 28.8. The first-order valence-electron chi connectivity index (χ1n) is 14.7. The zero-order chi connectivity index (χ0) is 24.6. The lowest BCUT2D eigenvalue weighted by molar-refractivity contribution is -0.870. The Morgan fingerprint density at radius 1 is 0.343 bits per heavy atom. The van der Waals surface area contributed by atoms with Gasteiger partial charge in [0, 0.05) is 0 Å². The molecule has 0 unspecified atom stereocenters. The van der Waals surface area contributed by atoms with Crippen LogP contribution in [0, 0.1) is 0 Å². The Morgan fingerprint density at radius 2 is 0.514 bits per heavy atom. The molecule has 0 fully saturated rings. The molecule has 220 valence electrons. The molecule has 0 aliphatic rings. The number of rotatable bonds is 22. The van der Waals surface area contributed by atoms with Crippen molar-refractivity contribution in [1.82, 2.24) is 0 Å². The Hall–Kier alpha value is 0.320. The second kappa shape index (κ2) is 32.3. The van der Waals surface area contributed by atoms with Gasteiger partial charge in [0.2, 0.25) is 0 Å². The minimum absolute atomic E-state index is 0. The minimum atomic E-state index is 0. The summed E-state index contributed by atoms with van der Waals surface area (Å²) >= 11 is 0. The maximum Gasteiger partial charge on any atom is 0.0780 e. The highest BCUT2D eigenvalue weighted by molar-refractivity contribution is 4.48. The molecule has 0 bridgehead atoms. The molecule has 0 aromatic carbocycles. The standard InChI is InChI=1S/2C15H34N.BrH.2H2O/c2*1-5-6-7-8-9-10-11-12-13-14-15-16(2,3)4;;;/h2*5-15H2,1-4H3;1H;2*1H2/q2*+1;;;/p-2. The molecule has 0 rings (SSSR count). The SMILES string of the molecule is CCCCCCCCCCCC[N+](C)(C)C.CCCCCCCCCCCC[N+](C)(C)C.O.[Br-].[OH-]. The average molecular weight is 572 g/mol. The topological polar surface area (TPSA) is 61.5 Å². The van der Waals surface area contributed by atoms with Crippen LogP contribution in [-0.2, 0) is 0 Å². The molecule has 0 aromatic rings. The summed E-state index contributed by atoms with van der Waals surface area (Å²) in [4.78, 5) is 0. The number of hydrogen-bond acceptors (Lipinski definition) is 1. The van der Waals surface area contributed by atoms with E-state index in [9.17, 15) is 0 Å². The van der Waals surface area contributed by atoms with E-state index in [0.717, 1.165) is 8.97 Å². The van der Waals surface area contributed by atoms with Crippen LogP contribution in [0.15, 0.2) is 0 Å². The van der Waals surface area contributed by atoms with Gasteiger partial charge in [-0.2, -0.15) is 0 Å². The van der Waals surface area contributed by atoms with E-state index in [4.69, 9.17) is 0 Å². The van der Waals surface area contributed by atoms with Crippen molar-refractivity contribution in [2.75, 3.05) is 55.4 Å². The van der Waals surface area contributed by atoms with Gasteiger partial charge in [0.05, 0.1) is 55.4 Å². The highest BCUT2D eigenvalue weighted by Crippen LogP contribution is 2.12. The third kappa shape index (κ3) is 51.8. The van der Waals surface area contributed by atoms with Crippen LogP contribution < -0.4 is 17.0 Å². The van der Waals surface area contributed by atoms with E-state index in [0.29, 0.717) is 0 Å². The molecule has 0 heterocycles. The predicted octanol–water partition coefficient (Wildman–Crippen LogP) is 5.23. The van der Waals surface area contributed by atoms with Crippen LogP contribution in [0.2, 0.25) is 0 Å². The van der Waals surface area contributed by atoms with Gasteiger partial charge >= 0.3 is 0 Å². The third-order valence-corrected chi connectivity index (χ3v) is 6.36. The van der Waals surface area contributed by atoms with Crippen molar-refractivity contribution in [1.29, 1.82) is 0 Å². The Morgan fingerprint density at radius 3 is 0.686 bits per heavy atom. The third-order valence-electron chi connectivity index (χ3n) is 6.36. The molecule has 0 aromatic heterocycles. The van der Waals surface area contributed by atoms with E-state index in [1.54, 1.807) is 0 Å². The van der Waals surface area contributed by atoms with Crippen LogP contribution in [-0.4, -0.2) is 75.3 Å². The molecular weight excluding hydrogens is 500 g/mol. The zero-order valence-electron chi connectivity index (χ0n) is 25.8. The summed E-state index contributed by atoms with van der Waals surface area (Å²) < 4.78 is 2.24. The molecule has 0 spiro atoms. The molecule has 0 aliphatic carbocycles. The number of nitrogens with zero attached hydrogens (tertiary/aromatic N) is 2. The van der Waals surface area contributed by atoms with E-state index in [1.165, 1.54) is 142 Å². The van der Waals surface area contributed by atoms with Crippen LogP contribution in [0.5, 0.6) is 0 Å². The normalized spacial score (nSPS) is 11.0. The second-order valence-corrected chi connectivity index (χ2v) is 12.4. The molecule has 0 amide bonds. The summed E-state index contributed by atoms with van der Waals surface area (Å²) in [5.41, 5.74) is 0. The number of quaternary nitrogens is 2. The minimum Gasteiger partial charge on any atom is -1.00 e. The van der Waals surface area contributed by atoms with Gasteiger partial charge in [-0.3, -0.25) is 0 Å². The van der Waals surface area contributed by atoms with Crippen LogP contribution in [0.1, 0.15) is 142 Å². The number of halogens is 1. The average Bonchev–Trinajstić information content (AvgIpc) is 2.70. The maximum absolute atomic E-state index is 2.29. The molecule has 0 atom stereocenters. The van der Waals surface area contributed by atoms with E-state index in [2.05, 4.69) is 56.1 Å². The highest BCUT2D eigenvalue weighted by Gasteiger charge is 2.05. The van der Waals surface area contributed by atoms with Gasteiger partial charge < -0.3 is 36.9 Å². The van der Waals surface area contributed by atoms with E-state index in [1.807, 2.05) is 0 Å². The van der Waals surface area contributed by atoms with Crippen LogP contribution >= 0.6 is 0 Å². The molecule has 0 saturated heterocycles. The Balaban J connectivity index is -0.000000158. The van der Waals surface area contributed by atoms with Crippen LogP contribution in [0.4, 0.5) is 0 Å². The molecular formula is C30H71BrN2O2. The Kier molecular flexibility index (Phi) is 41.8. The van der Waals surface area contributed by atoms with Crippen molar-refractivity contribution < 1.29 is 36.9 Å². The first-order chi connectivity index (χ1) is 15.1. The molecule has 3 N–H and O–H groups in total. The zero-order valence-corrected chi connectivity index (χ0v) is 27.4. The van der Waals surface area contributed by atoms with Crippen LogP contribution in [0.25, 0.3) is 0 Å². The molecule has 4 nitrogen and oxygen atoms in total. The van der Waals surface area contributed by atoms with E-state index >= 15 is 0 Å². The predicted molar refractivity (Wildman–Crippen MR) is 155 cm³/mol. The highest BCUT2D eigenvalue weighted by atomic mass is 79.9.